The molecule has 0 saturated heterocycles. The largest absolute Gasteiger partial charge is 0.368 e. The lowest BCUT2D eigenvalue weighted by molar-refractivity contribution is 0.878. The smallest absolute Gasteiger partial charge is 0.364 e. The number of nitrogens with zero attached hydrogens (tertiary/aromatic N) is 3. The van der Waals surface area contributed by atoms with Gasteiger partial charge in [-0.2, -0.15) is 9.61 Å². The van der Waals surface area contributed by atoms with E-state index in [2.05, 4.69) is 32.7 Å². The molecule has 0 spiro atoms. The van der Waals surface area contributed by atoms with Crippen LogP contribution in [0.15, 0.2) is 52.2 Å². The molecule has 2 aromatic heterocycles. The summed E-state index contributed by atoms with van der Waals surface area (Å²) in [6.45, 7) is 0.769. The normalized spacial score (nSPS) is 10.8. The molecule has 0 saturated carbocycles. The average Bonchev–Trinajstić information content (AvgIpc) is 2.86. The van der Waals surface area contributed by atoms with Crippen molar-refractivity contribution in [2.24, 2.45) is 0 Å². The minimum atomic E-state index is -0.331. The van der Waals surface area contributed by atoms with Crippen molar-refractivity contribution in [2.45, 2.75) is 4.90 Å². The van der Waals surface area contributed by atoms with E-state index < -0.39 is 0 Å². The van der Waals surface area contributed by atoms with Crippen molar-refractivity contribution in [1.29, 1.82) is 0 Å². The van der Waals surface area contributed by atoms with E-state index in [1.165, 1.54) is 9.41 Å². The number of hydrogen-bond donors (Lipinski definition) is 2. The van der Waals surface area contributed by atoms with Crippen molar-refractivity contribution in [3.05, 3.63) is 52.9 Å². The number of benzene rings is 1. The van der Waals surface area contributed by atoms with Crippen molar-refractivity contribution < 1.29 is 0 Å². The first-order valence-electron chi connectivity index (χ1n) is 6.19. The van der Waals surface area contributed by atoms with Crippen LogP contribution < -0.4 is 11.0 Å². The summed E-state index contributed by atoms with van der Waals surface area (Å²) in [6.07, 6.45) is 0. The maximum atomic E-state index is 11.4. The maximum absolute atomic E-state index is 11.4. The van der Waals surface area contributed by atoms with Gasteiger partial charge in [0.15, 0.2) is 5.65 Å². The van der Waals surface area contributed by atoms with Crippen molar-refractivity contribution in [3.8, 4) is 0 Å². The number of aromatic nitrogens is 4. The zero-order valence-corrected chi connectivity index (χ0v) is 11.4. The molecule has 3 rings (SSSR count). The number of H-pyrrole nitrogens is 1. The first kappa shape index (κ1) is 12.7. The quantitative estimate of drug-likeness (QED) is 0.551. The van der Waals surface area contributed by atoms with Gasteiger partial charge in [-0.1, -0.05) is 18.2 Å². The standard InChI is InChI=1S/C13H13N5OS/c19-13-16-15-12-7-6-11(17-18(12)13)14-8-9-20-10-4-2-1-3-5-10/h1-7H,8-9H2,(H,14,17)(H,16,19). The number of aromatic amines is 1. The summed E-state index contributed by atoms with van der Waals surface area (Å²) in [5, 5.41) is 13.5. The van der Waals surface area contributed by atoms with E-state index in [0.29, 0.717) is 11.5 Å². The predicted octanol–water partition coefficient (Wildman–Crippen LogP) is 1.62. The molecule has 2 heterocycles. The molecule has 0 aliphatic carbocycles. The average molecular weight is 287 g/mol. The van der Waals surface area contributed by atoms with E-state index in [9.17, 15) is 4.79 Å². The maximum Gasteiger partial charge on any atom is 0.364 e. The Morgan fingerprint density at radius 2 is 2.05 bits per heavy atom. The number of hydrogen-bond acceptors (Lipinski definition) is 5. The number of rotatable bonds is 5. The molecule has 3 aromatic rings. The summed E-state index contributed by atoms with van der Waals surface area (Å²) in [5.74, 6) is 1.58. The molecule has 7 heteroatoms. The van der Waals surface area contributed by atoms with Crippen LogP contribution in [0.4, 0.5) is 5.82 Å². The summed E-state index contributed by atoms with van der Waals surface area (Å²) in [6, 6.07) is 13.8. The molecule has 0 bridgehead atoms. The van der Waals surface area contributed by atoms with Crippen LogP contribution in [0.25, 0.3) is 5.65 Å². The lowest BCUT2D eigenvalue weighted by Crippen LogP contribution is -2.14. The van der Waals surface area contributed by atoms with Gasteiger partial charge in [0.2, 0.25) is 0 Å². The van der Waals surface area contributed by atoms with Crippen LogP contribution >= 0.6 is 11.8 Å². The zero-order valence-electron chi connectivity index (χ0n) is 10.6. The second kappa shape index (κ2) is 5.79. The topological polar surface area (TPSA) is 75.1 Å². The Labute approximate surface area is 119 Å². The first-order chi connectivity index (χ1) is 9.83. The highest BCUT2D eigenvalue weighted by Crippen LogP contribution is 2.16. The molecule has 0 radical (unpaired) electrons. The zero-order chi connectivity index (χ0) is 13.8. The molecular formula is C13H13N5OS. The Balaban J connectivity index is 1.57. The van der Waals surface area contributed by atoms with Gasteiger partial charge in [0.1, 0.15) is 5.82 Å². The molecular weight excluding hydrogens is 274 g/mol. The molecule has 0 aliphatic rings. The molecule has 0 aliphatic heterocycles. The minimum absolute atomic E-state index is 0.331. The highest BCUT2D eigenvalue weighted by Gasteiger charge is 2.02. The van der Waals surface area contributed by atoms with Gasteiger partial charge in [-0.15, -0.1) is 16.9 Å². The Morgan fingerprint density at radius 1 is 1.20 bits per heavy atom. The summed E-state index contributed by atoms with van der Waals surface area (Å²) < 4.78 is 1.24. The molecule has 20 heavy (non-hydrogen) atoms. The number of fused-ring (bicyclic) bond motifs is 1. The van der Waals surface area contributed by atoms with Crippen molar-refractivity contribution in [1.82, 2.24) is 19.8 Å². The molecule has 2 N–H and O–H groups in total. The molecule has 0 fully saturated rings. The van der Waals surface area contributed by atoms with Crippen LogP contribution in [0.1, 0.15) is 0 Å². The minimum Gasteiger partial charge on any atom is -0.368 e. The Bertz CT molecular complexity index is 752. The molecule has 0 atom stereocenters. The second-order valence-corrected chi connectivity index (χ2v) is 5.27. The molecule has 0 amide bonds. The SMILES string of the molecule is O=c1[nH]nc2ccc(NCCSc3ccccc3)nn12. The summed E-state index contributed by atoms with van der Waals surface area (Å²) in [7, 11) is 0. The number of anilines is 1. The Morgan fingerprint density at radius 3 is 2.90 bits per heavy atom. The fraction of sp³-hybridized carbons (Fsp3) is 0.154. The van der Waals surface area contributed by atoms with Crippen LogP contribution in [-0.4, -0.2) is 32.1 Å². The Hall–Kier alpha value is -2.28. The highest BCUT2D eigenvalue weighted by molar-refractivity contribution is 7.99. The fourth-order valence-corrected chi connectivity index (χ4v) is 2.55. The van der Waals surface area contributed by atoms with E-state index in [4.69, 9.17) is 0 Å². The van der Waals surface area contributed by atoms with Gasteiger partial charge in [-0.05, 0) is 24.3 Å². The lowest BCUT2D eigenvalue weighted by atomic mass is 10.4. The second-order valence-electron chi connectivity index (χ2n) is 4.11. The van der Waals surface area contributed by atoms with Gasteiger partial charge in [0, 0.05) is 17.2 Å². The van der Waals surface area contributed by atoms with Gasteiger partial charge in [-0.3, -0.25) is 0 Å². The molecule has 102 valence electrons. The van der Waals surface area contributed by atoms with Gasteiger partial charge >= 0.3 is 5.69 Å². The molecule has 1 aromatic carbocycles. The summed E-state index contributed by atoms with van der Waals surface area (Å²) in [5.41, 5.74) is 0.182. The van der Waals surface area contributed by atoms with Crippen LogP contribution in [0.2, 0.25) is 0 Å². The highest BCUT2D eigenvalue weighted by atomic mass is 32.2. The number of nitrogens with one attached hydrogen (secondary N) is 2. The third kappa shape index (κ3) is 2.83. The van der Waals surface area contributed by atoms with E-state index in [1.54, 1.807) is 17.8 Å². The van der Waals surface area contributed by atoms with Crippen LogP contribution in [0.5, 0.6) is 0 Å². The van der Waals surface area contributed by atoms with Gasteiger partial charge in [0.25, 0.3) is 0 Å². The Kier molecular flexibility index (Phi) is 3.69. The number of thioether (sulfide) groups is 1. The van der Waals surface area contributed by atoms with Crippen molar-refractivity contribution in [3.63, 3.8) is 0 Å². The van der Waals surface area contributed by atoms with Crippen LogP contribution in [0.3, 0.4) is 0 Å². The van der Waals surface area contributed by atoms with Crippen molar-refractivity contribution in [2.75, 3.05) is 17.6 Å². The van der Waals surface area contributed by atoms with E-state index >= 15 is 0 Å². The van der Waals surface area contributed by atoms with Crippen molar-refractivity contribution >= 4 is 23.2 Å². The van der Waals surface area contributed by atoms with Crippen LogP contribution in [0, 0.1) is 0 Å². The summed E-state index contributed by atoms with van der Waals surface area (Å²) >= 11 is 1.77. The van der Waals surface area contributed by atoms with Gasteiger partial charge < -0.3 is 5.32 Å². The van der Waals surface area contributed by atoms with Gasteiger partial charge in [0.05, 0.1) is 0 Å². The van der Waals surface area contributed by atoms with E-state index in [-0.39, 0.29) is 5.69 Å². The van der Waals surface area contributed by atoms with Gasteiger partial charge in [-0.25, -0.2) is 9.89 Å². The predicted molar refractivity (Wildman–Crippen MR) is 79.3 cm³/mol. The molecule has 6 nitrogen and oxygen atoms in total. The molecule has 0 unspecified atom stereocenters. The lowest BCUT2D eigenvalue weighted by Gasteiger charge is -2.05. The fourth-order valence-electron chi connectivity index (χ4n) is 1.76. The summed E-state index contributed by atoms with van der Waals surface area (Å²) in [4.78, 5) is 12.6. The van der Waals surface area contributed by atoms with E-state index in [1.807, 2.05) is 24.3 Å². The van der Waals surface area contributed by atoms with Crippen LogP contribution in [-0.2, 0) is 0 Å². The third-order valence-corrected chi connectivity index (χ3v) is 3.71. The monoisotopic (exact) mass is 287 g/mol. The van der Waals surface area contributed by atoms with E-state index in [0.717, 1.165) is 12.3 Å². The first-order valence-corrected chi connectivity index (χ1v) is 7.18. The third-order valence-electron chi connectivity index (χ3n) is 2.69.